The first kappa shape index (κ1) is 17.5. The zero-order valence-corrected chi connectivity index (χ0v) is 14.8. The van der Waals surface area contributed by atoms with Gasteiger partial charge in [0.25, 0.3) is 5.91 Å². The molecule has 6 heteroatoms. The van der Waals surface area contributed by atoms with E-state index in [2.05, 4.69) is 32.2 Å². The van der Waals surface area contributed by atoms with E-state index in [-0.39, 0.29) is 11.5 Å². The van der Waals surface area contributed by atoms with Crippen LogP contribution in [0.15, 0.2) is 40.5 Å². The number of hydrogen-bond donors (Lipinski definition) is 1. The number of carbonyl (C=O) groups excluding carboxylic acids is 1. The summed E-state index contributed by atoms with van der Waals surface area (Å²) in [6.45, 7) is 3.71. The van der Waals surface area contributed by atoms with Crippen molar-refractivity contribution in [2.45, 2.75) is 6.42 Å². The highest BCUT2D eigenvalue weighted by Gasteiger charge is 2.21. The predicted molar refractivity (Wildman–Crippen MR) is 93.6 cm³/mol. The summed E-state index contributed by atoms with van der Waals surface area (Å²) in [4.78, 5) is 16.2. The summed E-state index contributed by atoms with van der Waals surface area (Å²) in [6.07, 6.45) is 2.36. The predicted octanol–water partition coefficient (Wildman–Crippen LogP) is 1.76. The zero-order chi connectivity index (χ0) is 16.7. The number of nitrogens with zero attached hydrogens (tertiary/aromatic N) is 3. The molecule has 1 saturated heterocycles. The Morgan fingerprint density at radius 3 is 2.70 bits per heavy atom. The molecule has 23 heavy (non-hydrogen) atoms. The lowest BCUT2D eigenvalue weighted by Gasteiger charge is -2.32. The molecule has 5 nitrogen and oxygen atoms in total. The number of amides is 1. The van der Waals surface area contributed by atoms with Crippen LogP contribution >= 0.6 is 15.9 Å². The van der Waals surface area contributed by atoms with E-state index in [4.69, 9.17) is 0 Å². The Labute approximate surface area is 145 Å². The maximum Gasteiger partial charge on any atom is 0.266 e. The number of halogens is 1. The van der Waals surface area contributed by atoms with E-state index in [0.717, 1.165) is 24.0 Å². The number of nitrogens with one attached hydrogen (secondary N) is 1. The van der Waals surface area contributed by atoms with Crippen molar-refractivity contribution in [3.63, 3.8) is 0 Å². The van der Waals surface area contributed by atoms with Gasteiger partial charge in [0.05, 0.1) is 0 Å². The number of piperazine rings is 1. The van der Waals surface area contributed by atoms with Crippen molar-refractivity contribution in [2.24, 2.45) is 0 Å². The summed E-state index contributed by atoms with van der Waals surface area (Å²) < 4.78 is 1.07. The molecule has 0 bridgehead atoms. The van der Waals surface area contributed by atoms with Crippen LogP contribution in [-0.2, 0) is 11.2 Å². The van der Waals surface area contributed by atoms with Gasteiger partial charge < -0.3 is 15.1 Å². The summed E-state index contributed by atoms with van der Waals surface area (Å²) in [7, 11) is 2.03. The average Bonchev–Trinajstić information content (AvgIpc) is 2.56. The SMILES string of the molecule is CN1CCN(C(=O)/C(C#N)=C\NCCc2ccccc2Br)CC1. The molecule has 0 aliphatic carbocycles. The molecule has 1 aromatic rings. The van der Waals surface area contributed by atoms with Crippen molar-refractivity contribution in [1.29, 1.82) is 5.26 Å². The van der Waals surface area contributed by atoms with Gasteiger partial charge >= 0.3 is 0 Å². The second kappa shape index (κ2) is 8.70. The molecule has 1 amide bonds. The Hall–Kier alpha value is -1.84. The summed E-state index contributed by atoms with van der Waals surface area (Å²) in [6, 6.07) is 10.0. The number of nitriles is 1. The summed E-state index contributed by atoms with van der Waals surface area (Å²) in [5.74, 6) is -0.186. The van der Waals surface area contributed by atoms with Crippen molar-refractivity contribution in [2.75, 3.05) is 39.8 Å². The molecule has 0 saturated carbocycles. The molecule has 1 N–H and O–H groups in total. The molecule has 1 aliphatic heterocycles. The zero-order valence-electron chi connectivity index (χ0n) is 13.3. The van der Waals surface area contributed by atoms with Crippen molar-refractivity contribution < 1.29 is 4.79 Å². The Kier molecular flexibility index (Phi) is 6.63. The number of likely N-dealkylation sites (N-methyl/N-ethyl adjacent to an activating group) is 1. The van der Waals surface area contributed by atoms with Crippen LogP contribution in [0.2, 0.25) is 0 Å². The third kappa shape index (κ3) is 5.08. The first-order valence-electron chi connectivity index (χ1n) is 7.66. The summed E-state index contributed by atoms with van der Waals surface area (Å²) >= 11 is 3.51. The fourth-order valence-electron chi connectivity index (χ4n) is 2.40. The molecule has 2 rings (SSSR count). The number of rotatable bonds is 5. The molecule has 0 spiro atoms. The number of benzene rings is 1. The fraction of sp³-hybridized carbons (Fsp3) is 0.412. The third-order valence-electron chi connectivity index (χ3n) is 3.88. The van der Waals surface area contributed by atoms with Crippen molar-refractivity contribution in [1.82, 2.24) is 15.1 Å². The molecule has 122 valence electrons. The van der Waals surface area contributed by atoms with Crippen LogP contribution in [0.25, 0.3) is 0 Å². The quantitative estimate of drug-likeness (QED) is 0.483. The minimum atomic E-state index is -0.186. The second-order valence-corrected chi connectivity index (χ2v) is 6.42. The van der Waals surface area contributed by atoms with Gasteiger partial charge in [-0.25, -0.2) is 0 Å². The highest BCUT2D eigenvalue weighted by molar-refractivity contribution is 9.10. The lowest BCUT2D eigenvalue weighted by molar-refractivity contribution is -0.128. The van der Waals surface area contributed by atoms with Crippen LogP contribution in [0.4, 0.5) is 0 Å². The Morgan fingerprint density at radius 2 is 2.04 bits per heavy atom. The van der Waals surface area contributed by atoms with Gasteiger partial charge in [-0.2, -0.15) is 5.26 Å². The lowest BCUT2D eigenvalue weighted by Crippen LogP contribution is -2.47. The number of carbonyl (C=O) groups is 1. The molecule has 0 unspecified atom stereocenters. The lowest BCUT2D eigenvalue weighted by atomic mass is 10.1. The normalized spacial score (nSPS) is 16.0. The Bertz CT molecular complexity index is 615. The molecule has 0 radical (unpaired) electrons. The maximum atomic E-state index is 12.3. The van der Waals surface area contributed by atoms with Gasteiger partial charge in [-0.05, 0) is 25.1 Å². The Morgan fingerprint density at radius 1 is 1.35 bits per heavy atom. The van der Waals surface area contributed by atoms with E-state index in [0.29, 0.717) is 19.6 Å². The van der Waals surface area contributed by atoms with Gasteiger partial charge in [0, 0.05) is 43.4 Å². The van der Waals surface area contributed by atoms with E-state index < -0.39 is 0 Å². The van der Waals surface area contributed by atoms with Crippen LogP contribution in [0.5, 0.6) is 0 Å². The topological polar surface area (TPSA) is 59.4 Å². The van der Waals surface area contributed by atoms with Gasteiger partial charge in [0.2, 0.25) is 0 Å². The molecule has 1 aliphatic rings. The first-order chi connectivity index (χ1) is 11.1. The van der Waals surface area contributed by atoms with Crippen LogP contribution in [0.3, 0.4) is 0 Å². The van der Waals surface area contributed by atoms with Crippen LogP contribution < -0.4 is 5.32 Å². The summed E-state index contributed by atoms with van der Waals surface area (Å²) in [5, 5.41) is 12.3. The maximum absolute atomic E-state index is 12.3. The molecule has 0 atom stereocenters. The van der Waals surface area contributed by atoms with E-state index >= 15 is 0 Å². The molecule has 1 aromatic carbocycles. The van der Waals surface area contributed by atoms with Gasteiger partial charge in [-0.3, -0.25) is 4.79 Å². The Balaban J connectivity index is 1.85. The third-order valence-corrected chi connectivity index (χ3v) is 4.66. The van der Waals surface area contributed by atoms with Gasteiger partial charge in [-0.1, -0.05) is 34.1 Å². The molecule has 1 heterocycles. The van der Waals surface area contributed by atoms with Gasteiger partial charge in [-0.15, -0.1) is 0 Å². The fourth-order valence-corrected chi connectivity index (χ4v) is 2.89. The smallest absolute Gasteiger partial charge is 0.266 e. The molecular formula is C17H21BrN4O. The molecular weight excluding hydrogens is 356 g/mol. The van der Waals surface area contributed by atoms with Crippen LogP contribution in [0.1, 0.15) is 5.56 Å². The average molecular weight is 377 g/mol. The second-order valence-electron chi connectivity index (χ2n) is 5.56. The van der Waals surface area contributed by atoms with Crippen molar-refractivity contribution in [3.05, 3.63) is 46.1 Å². The van der Waals surface area contributed by atoms with E-state index in [1.165, 1.54) is 11.8 Å². The highest BCUT2D eigenvalue weighted by Crippen LogP contribution is 2.15. The minimum absolute atomic E-state index is 0.168. The van der Waals surface area contributed by atoms with Crippen LogP contribution in [0, 0.1) is 11.3 Å². The number of hydrogen-bond acceptors (Lipinski definition) is 4. The molecule has 0 aromatic heterocycles. The van der Waals surface area contributed by atoms with E-state index in [9.17, 15) is 10.1 Å². The van der Waals surface area contributed by atoms with Gasteiger partial charge in [0.15, 0.2) is 0 Å². The minimum Gasteiger partial charge on any atom is -0.389 e. The van der Waals surface area contributed by atoms with Crippen molar-refractivity contribution >= 4 is 21.8 Å². The van der Waals surface area contributed by atoms with Gasteiger partial charge in [0.1, 0.15) is 11.6 Å². The monoisotopic (exact) mass is 376 g/mol. The molecule has 1 fully saturated rings. The van der Waals surface area contributed by atoms with E-state index in [1.807, 2.05) is 31.3 Å². The van der Waals surface area contributed by atoms with Crippen LogP contribution in [-0.4, -0.2) is 55.5 Å². The highest BCUT2D eigenvalue weighted by atomic mass is 79.9. The summed E-state index contributed by atoms with van der Waals surface area (Å²) in [5.41, 5.74) is 1.36. The van der Waals surface area contributed by atoms with Crippen molar-refractivity contribution in [3.8, 4) is 6.07 Å². The first-order valence-corrected chi connectivity index (χ1v) is 8.46. The largest absolute Gasteiger partial charge is 0.389 e. The standard InChI is InChI=1S/C17H21BrN4O/c1-21-8-10-22(11-9-21)17(23)15(12-19)13-20-7-6-14-4-2-3-5-16(14)18/h2-5,13,20H,6-11H2,1H3/b15-13-. The van der Waals surface area contributed by atoms with E-state index in [1.54, 1.807) is 4.90 Å².